The number of hydrogen-bond donors (Lipinski definition) is 0. The molecule has 0 saturated carbocycles. The zero-order chi connectivity index (χ0) is 4.50. The Kier molecular flexibility index (Phi) is 36.7. The Labute approximate surface area is 183 Å². The molecule has 0 amide bonds. The van der Waals surface area contributed by atoms with E-state index in [1.165, 1.54) is 0 Å². The first kappa shape index (κ1) is 23.4. The van der Waals surface area contributed by atoms with Crippen molar-refractivity contribution in [2.75, 3.05) is 0 Å². The van der Waals surface area contributed by atoms with Crippen LogP contribution in [0.25, 0.3) is 0 Å². The summed E-state index contributed by atoms with van der Waals surface area (Å²) in [5.41, 5.74) is 0. The summed E-state index contributed by atoms with van der Waals surface area (Å²) in [5, 5.41) is 0. The van der Waals surface area contributed by atoms with Gasteiger partial charge < -0.3 is 0 Å². The fourth-order valence-corrected chi connectivity index (χ4v) is 0. The summed E-state index contributed by atoms with van der Waals surface area (Å²) in [4.78, 5) is 0. The maximum Gasteiger partial charge on any atom is 1.00 e. The van der Waals surface area contributed by atoms with E-state index in [1.807, 2.05) is 0 Å². The number of hydrogen-bond acceptors (Lipinski definition) is 4. The number of rotatable bonds is 0. The quantitative estimate of drug-likeness (QED) is 0.324. The van der Waals surface area contributed by atoms with E-state index in [9.17, 15) is 0 Å². The third kappa shape index (κ3) is 41.8. The summed E-state index contributed by atoms with van der Waals surface area (Å²) < 4.78 is 26.9. The molecular weight excluding hydrogens is 272 g/mol. The molecule has 0 saturated heterocycles. The molecule has 0 spiro atoms. The van der Waals surface area contributed by atoms with Gasteiger partial charge in [0, 0.05) is 0 Å². The Balaban J connectivity index is -0.0000000267. The SMILES string of the molecule is O=[As]([O-])([O-])[S-].[K+].[K+].[K+]. The molecular formula is AsK3O3S. The predicted molar refractivity (Wildman–Crippen MR) is 13.8 cm³/mol. The van der Waals surface area contributed by atoms with Gasteiger partial charge in [0.1, 0.15) is 0 Å². The molecule has 0 unspecified atom stereocenters. The topological polar surface area (TPSA) is 63.2 Å². The van der Waals surface area contributed by atoms with Crippen molar-refractivity contribution in [1.82, 2.24) is 0 Å². The van der Waals surface area contributed by atoms with Gasteiger partial charge in [0.15, 0.2) is 0 Å². The Morgan fingerprint density at radius 2 is 1.12 bits per heavy atom. The average Bonchev–Trinajstić information content (AvgIpc) is 0.722. The molecule has 3 nitrogen and oxygen atoms in total. The monoisotopic (exact) mass is 272 g/mol. The first-order chi connectivity index (χ1) is 2.00. The minimum Gasteiger partial charge on any atom is 1.00 e. The van der Waals surface area contributed by atoms with Gasteiger partial charge >= 0.3 is 190 Å². The van der Waals surface area contributed by atoms with Crippen LogP contribution in [-0.2, 0) is 14.6 Å². The van der Waals surface area contributed by atoms with Crippen molar-refractivity contribution in [1.29, 1.82) is 0 Å². The van der Waals surface area contributed by atoms with Gasteiger partial charge in [0.25, 0.3) is 0 Å². The van der Waals surface area contributed by atoms with Crippen LogP contribution in [0.15, 0.2) is 0 Å². The maximum atomic E-state index is 8.98. The minimum absolute atomic E-state index is 0. The van der Waals surface area contributed by atoms with Crippen molar-refractivity contribution in [2.45, 2.75) is 0 Å². The van der Waals surface area contributed by atoms with E-state index in [0.717, 1.165) is 0 Å². The molecule has 0 aliphatic rings. The van der Waals surface area contributed by atoms with Crippen LogP contribution in [0.2, 0.25) is 0 Å². The van der Waals surface area contributed by atoms with Crippen molar-refractivity contribution < 1.29 is 166 Å². The molecule has 0 aromatic heterocycles. The molecule has 0 atom stereocenters. The van der Waals surface area contributed by atoms with Gasteiger partial charge in [-0.1, -0.05) is 0 Å². The molecule has 0 rings (SSSR count). The molecule has 8 heteroatoms. The van der Waals surface area contributed by atoms with E-state index in [-0.39, 0.29) is 154 Å². The van der Waals surface area contributed by atoms with Crippen LogP contribution in [0.4, 0.5) is 0 Å². The summed E-state index contributed by atoms with van der Waals surface area (Å²) in [6.45, 7) is 0. The van der Waals surface area contributed by atoms with Crippen LogP contribution in [0.3, 0.4) is 0 Å². The van der Waals surface area contributed by atoms with Gasteiger partial charge in [-0.25, -0.2) is 0 Å². The van der Waals surface area contributed by atoms with Crippen molar-refractivity contribution >= 4 is 23.9 Å². The molecule has 0 aliphatic heterocycles. The Bertz CT molecular complexity index is 60.7. The van der Waals surface area contributed by atoms with Gasteiger partial charge in [-0.2, -0.15) is 0 Å². The second-order valence-electron chi connectivity index (χ2n) is 0.447. The van der Waals surface area contributed by atoms with Crippen molar-refractivity contribution in [3.05, 3.63) is 0 Å². The zero-order valence-electron chi connectivity index (χ0n) is 5.08. The molecule has 0 radical (unpaired) electrons. The molecule has 0 bridgehead atoms. The summed E-state index contributed by atoms with van der Waals surface area (Å²) in [7, 11) is 3.33. The molecule has 8 heavy (non-hydrogen) atoms. The summed E-state index contributed by atoms with van der Waals surface area (Å²) in [6, 6.07) is 0. The van der Waals surface area contributed by atoms with Crippen LogP contribution >= 0.6 is 0 Å². The third-order valence-electron chi connectivity index (χ3n) is 0. The normalized spacial score (nSPS) is 7.38. The van der Waals surface area contributed by atoms with Crippen LogP contribution < -0.4 is 162 Å². The van der Waals surface area contributed by atoms with Crippen molar-refractivity contribution in [3.63, 3.8) is 0 Å². The Hall–Kier alpha value is 5.54. The first-order valence-electron chi connectivity index (χ1n) is 0.730. The fraction of sp³-hybridized carbons (Fsp3) is 0. The van der Waals surface area contributed by atoms with Crippen LogP contribution in [0.1, 0.15) is 0 Å². The van der Waals surface area contributed by atoms with Crippen LogP contribution in [-0.4, -0.2) is 13.0 Å². The smallest absolute Gasteiger partial charge is 1.00 e. The molecule has 0 aliphatic carbocycles. The Morgan fingerprint density at radius 1 is 1.12 bits per heavy atom. The molecule has 0 fully saturated rings. The van der Waals surface area contributed by atoms with E-state index in [0.29, 0.717) is 0 Å². The molecule has 0 N–H and O–H groups in total. The van der Waals surface area contributed by atoms with Crippen LogP contribution in [0.5, 0.6) is 0 Å². The fourth-order valence-electron chi connectivity index (χ4n) is 0. The van der Waals surface area contributed by atoms with Gasteiger partial charge in [-0.3, -0.25) is 0 Å². The first-order valence-corrected chi connectivity index (χ1v) is 5.69. The van der Waals surface area contributed by atoms with Crippen LogP contribution in [0, 0.1) is 0 Å². The Morgan fingerprint density at radius 3 is 1.12 bits per heavy atom. The van der Waals surface area contributed by atoms with Gasteiger partial charge in [-0.05, 0) is 0 Å². The van der Waals surface area contributed by atoms with Crippen molar-refractivity contribution in [3.8, 4) is 0 Å². The largest absolute Gasteiger partial charge is 1.00 e. The summed E-state index contributed by atoms with van der Waals surface area (Å²) in [5.74, 6) is 0. The van der Waals surface area contributed by atoms with Crippen molar-refractivity contribution in [2.24, 2.45) is 0 Å². The second kappa shape index (κ2) is 12.5. The summed E-state index contributed by atoms with van der Waals surface area (Å²) in [6.07, 6.45) is 0. The van der Waals surface area contributed by atoms with E-state index in [4.69, 9.17) is 11.9 Å². The molecule has 0 aromatic rings. The van der Waals surface area contributed by atoms with E-state index in [2.05, 4.69) is 10.9 Å². The third-order valence-corrected chi connectivity index (χ3v) is 0. The van der Waals surface area contributed by atoms with Gasteiger partial charge in [0.2, 0.25) is 0 Å². The standard InChI is InChI=1S/AsH3O3S.3K/c2-1(3,4)5;;;/h(H3,2,3,4,5);;;/q;3*+1/p-3. The van der Waals surface area contributed by atoms with E-state index < -0.39 is 13.0 Å². The van der Waals surface area contributed by atoms with Gasteiger partial charge in [0.05, 0.1) is 0 Å². The second-order valence-corrected chi connectivity index (χ2v) is 4.65. The minimum atomic E-state index is -5.04. The van der Waals surface area contributed by atoms with E-state index in [1.54, 1.807) is 0 Å². The van der Waals surface area contributed by atoms with E-state index >= 15 is 0 Å². The van der Waals surface area contributed by atoms with Gasteiger partial charge in [-0.15, -0.1) is 0 Å². The molecule has 0 heterocycles. The summed E-state index contributed by atoms with van der Waals surface area (Å²) >= 11 is -5.04. The molecule has 0 aromatic carbocycles. The maximum absolute atomic E-state index is 8.98. The molecule has 32 valence electrons. The predicted octanol–water partition coefficient (Wildman–Crippen LogP) is -11.9. The average molecular weight is 272 g/mol. The zero-order valence-corrected chi connectivity index (χ0v) is 17.1.